The van der Waals surface area contributed by atoms with Crippen molar-refractivity contribution in [2.75, 3.05) is 5.32 Å². The topological polar surface area (TPSA) is 55.2 Å². The second-order valence-electron chi connectivity index (χ2n) is 4.75. The van der Waals surface area contributed by atoms with E-state index in [1.165, 1.54) is 18.2 Å². The molecular weight excluding hydrogens is 259 g/mol. The molecule has 0 atom stereocenters. The van der Waals surface area contributed by atoms with E-state index in [1.54, 1.807) is 13.0 Å². The van der Waals surface area contributed by atoms with Crippen LogP contribution in [0.25, 0.3) is 0 Å². The van der Waals surface area contributed by atoms with Gasteiger partial charge in [-0.3, -0.25) is 10.1 Å². The fourth-order valence-corrected chi connectivity index (χ4v) is 2.00. The molecule has 2 aromatic carbocycles. The fourth-order valence-electron chi connectivity index (χ4n) is 2.00. The average Bonchev–Trinajstić information content (AvgIpc) is 2.36. The van der Waals surface area contributed by atoms with E-state index < -0.39 is 4.92 Å². The molecule has 0 aliphatic carbocycles. The molecule has 0 aliphatic rings. The molecule has 0 amide bonds. The zero-order valence-corrected chi connectivity index (χ0v) is 11.3. The van der Waals surface area contributed by atoms with Gasteiger partial charge in [0.15, 0.2) is 0 Å². The van der Waals surface area contributed by atoms with Crippen LogP contribution in [-0.2, 0) is 6.54 Å². The first-order chi connectivity index (χ1) is 9.45. The summed E-state index contributed by atoms with van der Waals surface area (Å²) in [5.41, 5.74) is 2.98. The highest BCUT2D eigenvalue weighted by atomic mass is 19.1. The molecule has 104 valence electrons. The van der Waals surface area contributed by atoms with Gasteiger partial charge in [-0.15, -0.1) is 0 Å². The molecule has 0 heterocycles. The second-order valence-corrected chi connectivity index (χ2v) is 4.75. The molecule has 0 saturated carbocycles. The van der Waals surface area contributed by atoms with Gasteiger partial charge in [0.1, 0.15) is 5.82 Å². The summed E-state index contributed by atoms with van der Waals surface area (Å²) in [7, 11) is 0. The summed E-state index contributed by atoms with van der Waals surface area (Å²) >= 11 is 0. The highest BCUT2D eigenvalue weighted by Crippen LogP contribution is 2.20. The molecule has 20 heavy (non-hydrogen) atoms. The number of nitro groups is 1. The maximum absolute atomic E-state index is 13.2. The number of rotatable bonds is 4. The smallest absolute Gasteiger partial charge is 0.272 e. The van der Waals surface area contributed by atoms with Crippen molar-refractivity contribution >= 4 is 11.4 Å². The van der Waals surface area contributed by atoms with Gasteiger partial charge in [0, 0.05) is 23.9 Å². The van der Waals surface area contributed by atoms with Crippen LogP contribution in [0.2, 0.25) is 0 Å². The van der Waals surface area contributed by atoms with Gasteiger partial charge in [-0.2, -0.15) is 0 Å². The van der Waals surface area contributed by atoms with Crippen LogP contribution < -0.4 is 5.32 Å². The summed E-state index contributed by atoms with van der Waals surface area (Å²) in [4.78, 5) is 10.5. The van der Waals surface area contributed by atoms with Crippen LogP contribution in [0.1, 0.15) is 16.7 Å². The third-order valence-electron chi connectivity index (χ3n) is 3.01. The number of nitrogens with zero attached hydrogens (tertiary/aromatic N) is 1. The monoisotopic (exact) mass is 274 g/mol. The summed E-state index contributed by atoms with van der Waals surface area (Å²) in [6.45, 7) is 3.92. The van der Waals surface area contributed by atoms with Gasteiger partial charge < -0.3 is 5.32 Å². The SMILES string of the molecule is Cc1cc(F)cc(NCc2ccc(C)c([N+](=O)[O-])c2)c1. The van der Waals surface area contributed by atoms with Crippen molar-refractivity contribution in [3.05, 3.63) is 69.0 Å². The first-order valence-electron chi connectivity index (χ1n) is 6.20. The van der Waals surface area contributed by atoms with Crippen molar-refractivity contribution in [1.82, 2.24) is 0 Å². The van der Waals surface area contributed by atoms with E-state index in [-0.39, 0.29) is 11.5 Å². The van der Waals surface area contributed by atoms with E-state index in [1.807, 2.05) is 19.1 Å². The van der Waals surface area contributed by atoms with Crippen LogP contribution in [0.5, 0.6) is 0 Å². The average molecular weight is 274 g/mol. The molecule has 0 aliphatic heterocycles. The second kappa shape index (κ2) is 5.69. The van der Waals surface area contributed by atoms with Crippen molar-refractivity contribution in [3.8, 4) is 0 Å². The zero-order valence-electron chi connectivity index (χ0n) is 11.3. The minimum Gasteiger partial charge on any atom is -0.381 e. The molecule has 0 bridgehead atoms. The van der Waals surface area contributed by atoms with Gasteiger partial charge in [-0.05, 0) is 43.2 Å². The summed E-state index contributed by atoms with van der Waals surface area (Å²) in [6, 6.07) is 9.74. The number of anilines is 1. The van der Waals surface area contributed by atoms with Crippen LogP contribution in [0, 0.1) is 29.8 Å². The van der Waals surface area contributed by atoms with Crippen molar-refractivity contribution in [2.24, 2.45) is 0 Å². The minimum atomic E-state index is -0.398. The molecule has 0 aromatic heterocycles. The maximum Gasteiger partial charge on any atom is 0.272 e. The summed E-state index contributed by atoms with van der Waals surface area (Å²) < 4.78 is 13.2. The number of halogens is 1. The molecule has 5 heteroatoms. The molecule has 0 radical (unpaired) electrons. The Morgan fingerprint density at radius 3 is 2.60 bits per heavy atom. The van der Waals surface area contributed by atoms with Crippen LogP contribution in [0.4, 0.5) is 15.8 Å². The van der Waals surface area contributed by atoms with E-state index in [2.05, 4.69) is 5.32 Å². The molecule has 2 aromatic rings. The van der Waals surface area contributed by atoms with Crippen molar-refractivity contribution in [3.63, 3.8) is 0 Å². The summed E-state index contributed by atoms with van der Waals surface area (Å²) in [6.07, 6.45) is 0. The lowest BCUT2D eigenvalue weighted by molar-refractivity contribution is -0.385. The van der Waals surface area contributed by atoms with Crippen LogP contribution >= 0.6 is 0 Å². The Labute approximate surface area is 116 Å². The largest absolute Gasteiger partial charge is 0.381 e. The van der Waals surface area contributed by atoms with Gasteiger partial charge in [0.25, 0.3) is 5.69 Å². The maximum atomic E-state index is 13.2. The highest BCUT2D eigenvalue weighted by molar-refractivity contribution is 5.48. The molecule has 4 nitrogen and oxygen atoms in total. The Hall–Kier alpha value is -2.43. The standard InChI is InChI=1S/C15H15FN2O2/c1-10-5-13(16)8-14(6-10)17-9-12-4-3-11(2)15(7-12)18(19)20/h3-8,17H,9H2,1-2H3. The molecule has 0 unspecified atom stereocenters. The lowest BCUT2D eigenvalue weighted by atomic mass is 10.1. The van der Waals surface area contributed by atoms with Gasteiger partial charge in [0.2, 0.25) is 0 Å². The van der Waals surface area contributed by atoms with E-state index >= 15 is 0 Å². The lowest BCUT2D eigenvalue weighted by Crippen LogP contribution is -2.01. The Kier molecular flexibility index (Phi) is 3.98. The first kappa shape index (κ1) is 14.0. The van der Waals surface area contributed by atoms with Crippen molar-refractivity contribution in [2.45, 2.75) is 20.4 Å². The van der Waals surface area contributed by atoms with Gasteiger partial charge >= 0.3 is 0 Å². The van der Waals surface area contributed by atoms with E-state index in [9.17, 15) is 14.5 Å². The van der Waals surface area contributed by atoms with Gasteiger partial charge in [-0.25, -0.2) is 4.39 Å². The number of hydrogen-bond donors (Lipinski definition) is 1. The van der Waals surface area contributed by atoms with Crippen LogP contribution in [0.3, 0.4) is 0 Å². The predicted molar refractivity (Wildman–Crippen MR) is 76.3 cm³/mol. The minimum absolute atomic E-state index is 0.0970. The summed E-state index contributed by atoms with van der Waals surface area (Å²) in [5.74, 6) is -0.303. The lowest BCUT2D eigenvalue weighted by Gasteiger charge is -2.08. The van der Waals surface area contributed by atoms with Gasteiger partial charge in [-0.1, -0.05) is 12.1 Å². The Balaban J connectivity index is 2.14. The summed E-state index contributed by atoms with van der Waals surface area (Å²) in [5, 5.41) is 13.9. The Bertz CT molecular complexity index is 636. The van der Waals surface area contributed by atoms with Crippen LogP contribution in [-0.4, -0.2) is 4.92 Å². The van der Waals surface area contributed by atoms with Crippen molar-refractivity contribution < 1.29 is 9.31 Å². The third-order valence-corrected chi connectivity index (χ3v) is 3.01. The molecule has 0 saturated heterocycles. The Morgan fingerprint density at radius 1 is 1.20 bits per heavy atom. The number of hydrogen-bond acceptors (Lipinski definition) is 3. The molecule has 0 spiro atoms. The first-order valence-corrected chi connectivity index (χ1v) is 6.20. The van der Waals surface area contributed by atoms with Gasteiger partial charge in [0.05, 0.1) is 4.92 Å². The quantitative estimate of drug-likeness (QED) is 0.678. The molecular formula is C15H15FN2O2. The molecule has 1 N–H and O–H groups in total. The predicted octanol–water partition coefficient (Wildman–Crippen LogP) is 3.96. The number of nitro benzene ring substituents is 1. The zero-order chi connectivity index (χ0) is 14.7. The Morgan fingerprint density at radius 2 is 1.95 bits per heavy atom. The third kappa shape index (κ3) is 3.32. The highest BCUT2D eigenvalue weighted by Gasteiger charge is 2.10. The number of aryl methyl sites for hydroxylation is 2. The van der Waals surface area contributed by atoms with E-state index in [0.717, 1.165) is 11.1 Å². The van der Waals surface area contributed by atoms with E-state index in [0.29, 0.717) is 17.8 Å². The number of nitrogens with one attached hydrogen (secondary N) is 1. The fraction of sp³-hybridized carbons (Fsp3) is 0.200. The number of benzene rings is 2. The van der Waals surface area contributed by atoms with Crippen LogP contribution in [0.15, 0.2) is 36.4 Å². The normalized spacial score (nSPS) is 10.3. The molecule has 2 rings (SSSR count). The molecule has 0 fully saturated rings. The van der Waals surface area contributed by atoms with Crippen molar-refractivity contribution in [1.29, 1.82) is 0 Å². The van der Waals surface area contributed by atoms with E-state index in [4.69, 9.17) is 0 Å².